The number of aryl methyl sites for hydroxylation is 2. The van der Waals surface area contributed by atoms with E-state index in [-0.39, 0.29) is 0 Å². The van der Waals surface area contributed by atoms with Crippen molar-refractivity contribution in [1.82, 2.24) is 15.4 Å². The number of fused-ring (bicyclic) bond motifs is 1. The van der Waals surface area contributed by atoms with E-state index in [9.17, 15) is 0 Å². The summed E-state index contributed by atoms with van der Waals surface area (Å²) < 4.78 is 7.19. The van der Waals surface area contributed by atoms with Crippen molar-refractivity contribution in [3.8, 4) is 0 Å². The normalized spacial score (nSPS) is 11.3. The van der Waals surface area contributed by atoms with Crippen LogP contribution in [-0.4, -0.2) is 15.4 Å². The summed E-state index contributed by atoms with van der Waals surface area (Å²) in [5, 5.41) is 15.2. The molecule has 0 spiro atoms. The number of thioether (sulfide) groups is 2. The van der Waals surface area contributed by atoms with Crippen LogP contribution in [0.25, 0.3) is 10.8 Å². The zero-order valence-corrected chi connectivity index (χ0v) is 16.9. The van der Waals surface area contributed by atoms with Gasteiger partial charge in [-0.05, 0) is 30.2 Å². The Morgan fingerprint density at radius 2 is 1.65 bits per heavy atom. The van der Waals surface area contributed by atoms with Gasteiger partial charge in [-0.1, -0.05) is 82.5 Å². The van der Waals surface area contributed by atoms with E-state index >= 15 is 0 Å². The number of aromatic nitrogens is 3. The van der Waals surface area contributed by atoms with Crippen LogP contribution in [0.15, 0.2) is 55.7 Å². The molecule has 2 aromatic carbocycles. The van der Waals surface area contributed by atoms with Gasteiger partial charge in [0.1, 0.15) is 5.76 Å². The molecule has 0 unspecified atom stereocenters. The van der Waals surface area contributed by atoms with Crippen LogP contribution in [0.5, 0.6) is 0 Å². The van der Waals surface area contributed by atoms with Crippen molar-refractivity contribution < 1.29 is 4.52 Å². The van der Waals surface area contributed by atoms with Crippen molar-refractivity contribution in [3.05, 3.63) is 65.0 Å². The van der Waals surface area contributed by atoms with Gasteiger partial charge in [0.15, 0.2) is 8.68 Å². The second-order valence-electron chi connectivity index (χ2n) is 5.85. The first-order chi connectivity index (χ1) is 12.7. The van der Waals surface area contributed by atoms with Crippen molar-refractivity contribution in [1.29, 1.82) is 0 Å². The lowest BCUT2D eigenvalue weighted by molar-refractivity contribution is 0.392. The minimum atomic E-state index is 0.809. The highest BCUT2D eigenvalue weighted by Gasteiger charge is 2.12. The van der Waals surface area contributed by atoms with Gasteiger partial charge in [-0.15, -0.1) is 10.2 Å². The maximum Gasteiger partial charge on any atom is 0.175 e. The molecular formula is C19H17N3OS3. The van der Waals surface area contributed by atoms with Crippen LogP contribution in [0.2, 0.25) is 0 Å². The van der Waals surface area contributed by atoms with E-state index in [2.05, 4.69) is 57.8 Å². The standard InChI is InChI=1S/C19H17N3OS3/c1-12-17(13(2)23-22-12)11-25-19-21-20-18(26-19)24-10-15-8-5-7-14-6-3-4-9-16(14)15/h3-9H,10-11H2,1-2H3. The molecule has 0 bridgehead atoms. The molecule has 0 N–H and O–H groups in total. The summed E-state index contributed by atoms with van der Waals surface area (Å²) in [6.07, 6.45) is 0. The number of benzene rings is 2. The van der Waals surface area contributed by atoms with Gasteiger partial charge < -0.3 is 4.52 Å². The molecule has 0 aliphatic carbocycles. The molecule has 7 heteroatoms. The van der Waals surface area contributed by atoms with Crippen molar-refractivity contribution >= 4 is 45.6 Å². The average molecular weight is 400 g/mol. The van der Waals surface area contributed by atoms with Gasteiger partial charge in [0.05, 0.1) is 5.69 Å². The molecule has 2 heterocycles. The fourth-order valence-electron chi connectivity index (χ4n) is 2.71. The second-order valence-corrected chi connectivity index (χ2v) is 9.27. The first-order valence-corrected chi connectivity index (χ1v) is 11.0. The SMILES string of the molecule is Cc1noc(C)c1CSc1nnc(SCc2cccc3ccccc23)s1. The van der Waals surface area contributed by atoms with Crippen LogP contribution in [0, 0.1) is 13.8 Å². The van der Waals surface area contributed by atoms with E-state index < -0.39 is 0 Å². The van der Waals surface area contributed by atoms with Gasteiger partial charge >= 0.3 is 0 Å². The van der Waals surface area contributed by atoms with Gasteiger partial charge in [-0.3, -0.25) is 0 Å². The van der Waals surface area contributed by atoms with E-state index in [1.165, 1.54) is 16.3 Å². The van der Waals surface area contributed by atoms with E-state index in [1.54, 1.807) is 34.9 Å². The zero-order valence-electron chi connectivity index (χ0n) is 14.4. The van der Waals surface area contributed by atoms with E-state index in [0.29, 0.717) is 0 Å². The third-order valence-electron chi connectivity index (χ3n) is 4.14. The monoisotopic (exact) mass is 399 g/mol. The minimum absolute atomic E-state index is 0.809. The van der Waals surface area contributed by atoms with Crippen molar-refractivity contribution in [3.63, 3.8) is 0 Å². The van der Waals surface area contributed by atoms with Crippen LogP contribution >= 0.6 is 34.9 Å². The maximum absolute atomic E-state index is 5.21. The van der Waals surface area contributed by atoms with Crippen molar-refractivity contribution in [2.24, 2.45) is 0 Å². The Labute approximate surface area is 164 Å². The van der Waals surface area contributed by atoms with E-state index in [0.717, 1.165) is 37.2 Å². The van der Waals surface area contributed by atoms with Crippen molar-refractivity contribution in [2.75, 3.05) is 0 Å². The Balaban J connectivity index is 1.41. The first kappa shape index (κ1) is 17.6. The van der Waals surface area contributed by atoms with Crippen molar-refractivity contribution in [2.45, 2.75) is 34.0 Å². The van der Waals surface area contributed by atoms with Gasteiger partial charge in [0.25, 0.3) is 0 Å². The largest absolute Gasteiger partial charge is 0.361 e. The quantitative estimate of drug-likeness (QED) is 0.377. The summed E-state index contributed by atoms with van der Waals surface area (Å²) in [6.45, 7) is 3.92. The molecular weight excluding hydrogens is 382 g/mol. The molecule has 0 amide bonds. The molecule has 0 aliphatic heterocycles. The van der Waals surface area contributed by atoms with Gasteiger partial charge in [0, 0.05) is 17.1 Å². The highest BCUT2D eigenvalue weighted by atomic mass is 32.2. The van der Waals surface area contributed by atoms with Gasteiger partial charge in [-0.25, -0.2) is 0 Å². The smallest absolute Gasteiger partial charge is 0.175 e. The summed E-state index contributed by atoms with van der Waals surface area (Å²) in [5.41, 5.74) is 3.42. The topological polar surface area (TPSA) is 51.8 Å². The Bertz CT molecular complexity index is 1020. The van der Waals surface area contributed by atoms with E-state index in [4.69, 9.17) is 4.52 Å². The second kappa shape index (κ2) is 7.82. The van der Waals surface area contributed by atoms with Gasteiger partial charge in [0.2, 0.25) is 0 Å². The molecule has 0 saturated heterocycles. The van der Waals surface area contributed by atoms with E-state index in [1.807, 2.05) is 13.8 Å². The first-order valence-electron chi connectivity index (χ1n) is 8.18. The summed E-state index contributed by atoms with van der Waals surface area (Å²) in [7, 11) is 0. The number of hydrogen-bond donors (Lipinski definition) is 0. The molecule has 4 nitrogen and oxygen atoms in total. The molecule has 0 fully saturated rings. The molecule has 0 saturated carbocycles. The third kappa shape index (κ3) is 3.79. The lowest BCUT2D eigenvalue weighted by Gasteiger charge is -2.04. The summed E-state index contributed by atoms with van der Waals surface area (Å²) in [4.78, 5) is 0. The van der Waals surface area contributed by atoms with Crippen LogP contribution in [0.4, 0.5) is 0 Å². The average Bonchev–Trinajstić information content (AvgIpc) is 3.25. The Morgan fingerprint density at radius 1 is 0.923 bits per heavy atom. The zero-order chi connectivity index (χ0) is 17.9. The lowest BCUT2D eigenvalue weighted by Crippen LogP contribution is -1.84. The lowest BCUT2D eigenvalue weighted by atomic mass is 10.1. The van der Waals surface area contributed by atoms with Gasteiger partial charge in [-0.2, -0.15) is 0 Å². The molecule has 26 heavy (non-hydrogen) atoms. The fraction of sp³-hybridized carbons (Fsp3) is 0.211. The van der Waals surface area contributed by atoms with Crippen LogP contribution < -0.4 is 0 Å². The molecule has 4 rings (SSSR count). The predicted octanol–water partition coefficient (Wildman–Crippen LogP) is 5.88. The highest BCUT2D eigenvalue weighted by molar-refractivity contribution is 8.02. The number of hydrogen-bond acceptors (Lipinski definition) is 7. The van der Waals surface area contributed by atoms with Crippen LogP contribution in [0.1, 0.15) is 22.6 Å². The highest BCUT2D eigenvalue weighted by Crippen LogP contribution is 2.34. The third-order valence-corrected chi connectivity index (χ3v) is 7.41. The molecule has 0 radical (unpaired) electrons. The Morgan fingerprint density at radius 3 is 2.42 bits per heavy atom. The minimum Gasteiger partial charge on any atom is -0.361 e. The number of rotatable bonds is 6. The molecule has 4 aromatic rings. The van der Waals surface area contributed by atoms with Crippen LogP contribution in [-0.2, 0) is 11.5 Å². The fourth-order valence-corrected chi connectivity index (χ4v) is 5.89. The maximum atomic E-state index is 5.21. The summed E-state index contributed by atoms with van der Waals surface area (Å²) in [5.74, 6) is 2.58. The molecule has 2 aromatic heterocycles. The Kier molecular flexibility index (Phi) is 5.28. The number of nitrogens with zero attached hydrogens (tertiary/aromatic N) is 3. The molecule has 0 aliphatic rings. The summed E-state index contributed by atoms with van der Waals surface area (Å²) in [6, 6.07) is 14.9. The Hall–Kier alpha value is -1.83. The molecule has 0 atom stereocenters. The summed E-state index contributed by atoms with van der Waals surface area (Å²) >= 11 is 5.07. The molecule has 132 valence electrons. The van der Waals surface area contributed by atoms with Crippen LogP contribution in [0.3, 0.4) is 0 Å². The predicted molar refractivity (Wildman–Crippen MR) is 109 cm³/mol.